The van der Waals surface area contributed by atoms with Gasteiger partial charge in [-0.3, -0.25) is 0 Å². The molecule has 2 aromatic rings. The fourth-order valence-electron chi connectivity index (χ4n) is 2.26. The number of hydrogen-bond donors (Lipinski definition) is 1. The highest BCUT2D eigenvalue weighted by atomic mass is 15.1. The largest absolute Gasteiger partial charge is 0.336 e. The second-order valence-electron chi connectivity index (χ2n) is 4.51. The van der Waals surface area contributed by atoms with E-state index < -0.39 is 0 Å². The van der Waals surface area contributed by atoms with Crippen molar-refractivity contribution in [2.24, 2.45) is 7.05 Å². The Kier molecular flexibility index (Phi) is 3.29. The molecule has 3 nitrogen and oxygen atoms in total. The Morgan fingerprint density at radius 1 is 1.29 bits per heavy atom. The number of nitrogens with one attached hydrogen (secondary N) is 1. The zero-order valence-electron chi connectivity index (χ0n) is 10.9. The predicted octanol–water partition coefficient (Wildman–Crippen LogP) is 2.35. The normalized spacial score (nSPS) is 12.7. The van der Waals surface area contributed by atoms with Crippen LogP contribution in [0.1, 0.15) is 28.4 Å². The van der Waals surface area contributed by atoms with E-state index in [1.165, 1.54) is 22.4 Å². The molecule has 17 heavy (non-hydrogen) atoms. The molecule has 90 valence electrons. The molecule has 1 aromatic carbocycles. The number of rotatable bonds is 3. The molecule has 2 rings (SSSR count). The smallest absolute Gasteiger partial charge is 0.0946 e. The van der Waals surface area contributed by atoms with Crippen LogP contribution in [0.4, 0.5) is 0 Å². The van der Waals surface area contributed by atoms with Crippen LogP contribution in [-0.2, 0) is 7.05 Å². The van der Waals surface area contributed by atoms with E-state index in [1.807, 2.05) is 26.6 Å². The molecule has 0 spiro atoms. The molecule has 0 radical (unpaired) electrons. The first-order chi connectivity index (χ1) is 8.13. The number of imidazole rings is 1. The van der Waals surface area contributed by atoms with Gasteiger partial charge in [0.25, 0.3) is 0 Å². The maximum Gasteiger partial charge on any atom is 0.0946 e. The predicted molar refractivity (Wildman–Crippen MR) is 70.0 cm³/mol. The van der Waals surface area contributed by atoms with E-state index in [2.05, 4.69) is 46.9 Å². The van der Waals surface area contributed by atoms with E-state index in [1.54, 1.807) is 0 Å². The van der Waals surface area contributed by atoms with Gasteiger partial charge < -0.3 is 9.88 Å². The first-order valence-corrected chi connectivity index (χ1v) is 5.84. The number of aryl methyl sites for hydroxylation is 3. The van der Waals surface area contributed by atoms with Crippen molar-refractivity contribution in [1.29, 1.82) is 0 Å². The molecule has 1 heterocycles. The summed E-state index contributed by atoms with van der Waals surface area (Å²) in [7, 11) is 4.01. The van der Waals surface area contributed by atoms with E-state index >= 15 is 0 Å². The lowest BCUT2D eigenvalue weighted by Crippen LogP contribution is -2.21. The molecule has 0 bridgehead atoms. The van der Waals surface area contributed by atoms with Crippen LogP contribution in [0.3, 0.4) is 0 Å². The van der Waals surface area contributed by atoms with E-state index in [9.17, 15) is 0 Å². The molecule has 0 aliphatic heterocycles. The fraction of sp³-hybridized carbons (Fsp3) is 0.357. The van der Waals surface area contributed by atoms with Crippen LogP contribution < -0.4 is 5.32 Å². The van der Waals surface area contributed by atoms with Gasteiger partial charge in [0, 0.05) is 7.05 Å². The molecular formula is C14H19N3. The fourth-order valence-corrected chi connectivity index (χ4v) is 2.26. The molecule has 1 unspecified atom stereocenters. The Bertz CT molecular complexity index is 514. The van der Waals surface area contributed by atoms with Crippen molar-refractivity contribution >= 4 is 0 Å². The summed E-state index contributed by atoms with van der Waals surface area (Å²) in [5.41, 5.74) is 5.10. The van der Waals surface area contributed by atoms with Gasteiger partial charge in [0.05, 0.1) is 24.3 Å². The Hall–Kier alpha value is -1.61. The van der Waals surface area contributed by atoms with Crippen LogP contribution in [0.2, 0.25) is 0 Å². The van der Waals surface area contributed by atoms with Crippen LogP contribution in [0.25, 0.3) is 0 Å². The van der Waals surface area contributed by atoms with E-state index in [4.69, 9.17) is 0 Å². The summed E-state index contributed by atoms with van der Waals surface area (Å²) >= 11 is 0. The third-order valence-electron chi connectivity index (χ3n) is 3.17. The van der Waals surface area contributed by atoms with Crippen LogP contribution in [0, 0.1) is 13.8 Å². The van der Waals surface area contributed by atoms with Gasteiger partial charge >= 0.3 is 0 Å². The molecule has 0 fully saturated rings. The summed E-state index contributed by atoms with van der Waals surface area (Å²) in [6.45, 7) is 4.28. The van der Waals surface area contributed by atoms with Crippen LogP contribution in [0.15, 0.2) is 30.7 Å². The summed E-state index contributed by atoms with van der Waals surface area (Å²) in [5, 5.41) is 3.36. The van der Waals surface area contributed by atoms with Crippen molar-refractivity contribution in [1.82, 2.24) is 14.9 Å². The van der Waals surface area contributed by atoms with Crippen molar-refractivity contribution in [3.8, 4) is 0 Å². The lowest BCUT2D eigenvalue weighted by Gasteiger charge is -2.19. The van der Waals surface area contributed by atoms with Crippen molar-refractivity contribution in [3.63, 3.8) is 0 Å². The molecule has 0 aliphatic carbocycles. The van der Waals surface area contributed by atoms with E-state index in [0.717, 1.165) is 0 Å². The molecule has 3 heteroatoms. The number of nitrogens with zero attached hydrogens (tertiary/aromatic N) is 2. The first-order valence-electron chi connectivity index (χ1n) is 5.84. The second-order valence-corrected chi connectivity index (χ2v) is 4.51. The summed E-state index contributed by atoms with van der Waals surface area (Å²) in [6, 6.07) is 6.76. The Labute approximate surface area is 103 Å². The third-order valence-corrected chi connectivity index (χ3v) is 3.17. The van der Waals surface area contributed by atoms with Gasteiger partial charge in [0.1, 0.15) is 0 Å². The molecular weight excluding hydrogens is 210 g/mol. The minimum absolute atomic E-state index is 0.197. The molecule has 0 aliphatic rings. The van der Waals surface area contributed by atoms with Crippen molar-refractivity contribution in [2.45, 2.75) is 19.9 Å². The van der Waals surface area contributed by atoms with Gasteiger partial charge in [-0.1, -0.05) is 23.8 Å². The lowest BCUT2D eigenvalue weighted by atomic mass is 9.97. The quantitative estimate of drug-likeness (QED) is 0.875. The zero-order chi connectivity index (χ0) is 12.4. The molecule has 0 amide bonds. The monoisotopic (exact) mass is 229 g/mol. The standard InChI is InChI=1S/C14H19N3/c1-10-5-6-12(11(2)7-10)14(15-3)13-8-16-9-17(13)4/h5-9,14-15H,1-4H3. The Morgan fingerprint density at radius 3 is 2.59 bits per heavy atom. The van der Waals surface area contributed by atoms with Crippen molar-refractivity contribution in [3.05, 3.63) is 53.1 Å². The van der Waals surface area contributed by atoms with Gasteiger partial charge in [-0.2, -0.15) is 0 Å². The number of hydrogen-bond acceptors (Lipinski definition) is 2. The summed E-state index contributed by atoms with van der Waals surface area (Å²) in [5.74, 6) is 0. The highest BCUT2D eigenvalue weighted by Crippen LogP contribution is 2.24. The van der Waals surface area contributed by atoms with Gasteiger partial charge in [-0.05, 0) is 32.0 Å². The first kappa shape index (κ1) is 11.9. The second kappa shape index (κ2) is 4.72. The van der Waals surface area contributed by atoms with Gasteiger partial charge in [0.15, 0.2) is 0 Å². The highest BCUT2D eigenvalue weighted by Gasteiger charge is 2.16. The average molecular weight is 229 g/mol. The molecule has 1 N–H and O–H groups in total. The average Bonchev–Trinajstić information content (AvgIpc) is 2.69. The van der Waals surface area contributed by atoms with Gasteiger partial charge in [0.2, 0.25) is 0 Å². The summed E-state index contributed by atoms with van der Waals surface area (Å²) in [6.07, 6.45) is 3.75. The minimum atomic E-state index is 0.197. The van der Waals surface area contributed by atoms with Crippen LogP contribution in [0.5, 0.6) is 0 Å². The SMILES string of the molecule is CNC(c1ccc(C)cc1C)c1cncn1C. The summed E-state index contributed by atoms with van der Waals surface area (Å²) < 4.78 is 2.06. The van der Waals surface area contributed by atoms with E-state index in [0.29, 0.717) is 0 Å². The van der Waals surface area contributed by atoms with Crippen LogP contribution >= 0.6 is 0 Å². The third kappa shape index (κ3) is 2.24. The van der Waals surface area contributed by atoms with Gasteiger partial charge in [-0.15, -0.1) is 0 Å². The molecule has 1 aromatic heterocycles. The molecule has 0 saturated carbocycles. The lowest BCUT2D eigenvalue weighted by molar-refractivity contribution is 0.635. The maximum absolute atomic E-state index is 4.19. The zero-order valence-corrected chi connectivity index (χ0v) is 10.9. The van der Waals surface area contributed by atoms with Gasteiger partial charge in [-0.25, -0.2) is 4.98 Å². The van der Waals surface area contributed by atoms with E-state index in [-0.39, 0.29) is 6.04 Å². The van der Waals surface area contributed by atoms with Crippen molar-refractivity contribution in [2.75, 3.05) is 7.05 Å². The minimum Gasteiger partial charge on any atom is -0.336 e. The van der Waals surface area contributed by atoms with Crippen molar-refractivity contribution < 1.29 is 0 Å². The number of benzene rings is 1. The van der Waals surface area contributed by atoms with Crippen LogP contribution in [-0.4, -0.2) is 16.6 Å². The summed E-state index contributed by atoms with van der Waals surface area (Å²) in [4.78, 5) is 4.19. The highest BCUT2D eigenvalue weighted by molar-refractivity contribution is 5.36. The Morgan fingerprint density at radius 2 is 2.06 bits per heavy atom. The molecule has 1 atom stereocenters. The topological polar surface area (TPSA) is 29.9 Å². The Balaban J connectivity index is 2.46. The maximum atomic E-state index is 4.19. The molecule has 0 saturated heterocycles. The number of aromatic nitrogens is 2.